The summed E-state index contributed by atoms with van der Waals surface area (Å²) >= 11 is 0. The normalized spacial score (nSPS) is 30.1. The molecule has 1 N–H and O–H groups in total. The standard InChI is InChI=1S/C16H24N2/c1-13(14-6-3-2-4-7-14)10-18-11-15-8-5-9-16(12-18)17-15/h2-4,6-7,13,15-17H,5,8-12H2,1H3. The van der Waals surface area contributed by atoms with Crippen molar-refractivity contribution in [2.24, 2.45) is 0 Å². The number of piperazine rings is 1. The van der Waals surface area contributed by atoms with Gasteiger partial charge < -0.3 is 5.32 Å². The van der Waals surface area contributed by atoms with Crippen LogP contribution in [0.4, 0.5) is 0 Å². The van der Waals surface area contributed by atoms with Gasteiger partial charge in [-0.25, -0.2) is 0 Å². The third kappa shape index (κ3) is 2.76. The predicted molar refractivity (Wildman–Crippen MR) is 75.9 cm³/mol. The van der Waals surface area contributed by atoms with E-state index in [1.807, 2.05) is 0 Å². The largest absolute Gasteiger partial charge is 0.309 e. The van der Waals surface area contributed by atoms with Crippen LogP contribution < -0.4 is 5.32 Å². The Morgan fingerprint density at radius 1 is 1.17 bits per heavy atom. The fourth-order valence-corrected chi connectivity index (χ4v) is 3.52. The Balaban J connectivity index is 1.59. The van der Waals surface area contributed by atoms with Gasteiger partial charge in [-0.05, 0) is 24.3 Å². The Hall–Kier alpha value is -0.860. The van der Waals surface area contributed by atoms with Crippen molar-refractivity contribution in [3.05, 3.63) is 35.9 Å². The smallest absolute Gasteiger partial charge is 0.0198 e. The summed E-state index contributed by atoms with van der Waals surface area (Å²) in [4.78, 5) is 2.67. The summed E-state index contributed by atoms with van der Waals surface area (Å²) in [6.45, 7) is 6.05. The van der Waals surface area contributed by atoms with E-state index in [4.69, 9.17) is 0 Å². The molecule has 0 saturated carbocycles. The van der Waals surface area contributed by atoms with Crippen LogP contribution >= 0.6 is 0 Å². The van der Waals surface area contributed by atoms with Crippen molar-refractivity contribution in [1.82, 2.24) is 10.2 Å². The predicted octanol–water partition coefficient (Wildman–Crippen LogP) is 2.62. The lowest BCUT2D eigenvalue weighted by Crippen LogP contribution is -2.59. The Morgan fingerprint density at radius 3 is 2.50 bits per heavy atom. The van der Waals surface area contributed by atoms with Crippen LogP contribution in [0.1, 0.15) is 37.7 Å². The van der Waals surface area contributed by atoms with E-state index in [0.717, 1.165) is 12.1 Å². The topological polar surface area (TPSA) is 15.3 Å². The minimum absolute atomic E-state index is 0.644. The molecule has 2 bridgehead atoms. The van der Waals surface area contributed by atoms with Gasteiger partial charge in [-0.2, -0.15) is 0 Å². The number of likely N-dealkylation sites (tertiary alicyclic amines) is 1. The molecule has 0 aliphatic carbocycles. The van der Waals surface area contributed by atoms with Gasteiger partial charge in [0, 0.05) is 31.7 Å². The van der Waals surface area contributed by atoms with Gasteiger partial charge in [0.2, 0.25) is 0 Å². The first-order valence-corrected chi connectivity index (χ1v) is 7.34. The molecule has 3 unspecified atom stereocenters. The van der Waals surface area contributed by atoms with Gasteiger partial charge in [0.25, 0.3) is 0 Å². The molecule has 2 nitrogen and oxygen atoms in total. The molecule has 0 amide bonds. The Bertz CT molecular complexity index is 364. The maximum atomic E-state index is 3.75. The molecule has 98 valence electrons. The van der Waals surface area contributed by atoms with Crippen molar-refractivity contribution in [1.29, 1.82) is 0 Å². The molecule has 0 aromatic heterocycles. The van der Waals surface area contributed by atoms with Gasteiger partial charge in [0.15, 0.2) is 0 Å². The Morgan fingerprint density at radius 2 is 1.83 bits per heavy atom. The number of piperidine rings is 1. The highest BCUT2D eigenvalue weighted by molar-refractivity contribution is 5.19. The number of hydrogen-bond acceptors (Lipinski definition) is 2. The first-order valence-electron chi connectivity index (χ1n) is 7.34. The van der Waals surface area contributed by atoms with Crippen LogP contribution in [0.2, 0.25) is 0 Å². The average Bonchev–Trinajstić information content (AvgIpc) is 2.39. The number of fused-ring (bicyclic) bond motifs is 2. The maximum absolute atomic E-state index is 3.75. The van der Waals surface area contributed by atoms with Crippen LogP contribution in [0.15, 0.2) is 30.3 Å². The van der Waals surface area contributed by atoms with Crippen LogP contribution in [0.5, 0.6) is 0 Å². The summed E-state index contributed by atoms with van der Waals surface area (Å²) in [5.41, 5.74) is 1.47. The molecular weight excluding hydrogens is 220 g/mol. The van der Waals surface area contributed by atoms with Crippen molar-refractivity contribution in [2.75, 3.05) is 19.6 Å². The first-order chi connectivity index (χ1) is 8.81. The van der Waals surface area contributed by atoms with Gasteiger partial charge in [-0.15, -0.1) is 0 Å². The second kappa shape index (κ2) is 5.41. The minimum Gasteiger partial charge on any atom is -0.309 e. The van der Waals surface area contributed by atoms with E-state index < -0.39 is 0 Å². The fourth-order valence-electron chi connectivity index (χ4n) is 3.52. The quantitative estimate of drug-likeness (QED) is 0.879. The van der Waals surface area contributed by atoms with Crippen LogP contribution in [0.25, 0.3) is 0 Å². The third-order valence-electron chi connectivity index (χ3n) is 4.43. The number of benzene rings is 1. The zero-order chi connectivity index (χ0) is 12.4. The molecule has 2 aliphatic rings. The van der Waals surface area contributed by atoms with Gasteiger partial charge in [-0.1, -0.05) is 43.7 Å². The number of rotatable bonds is 3. The molecule has 18 heavy (non-hydrogen) atoms. The van der Waals surface area contributed by atoms with Crippen LogP contribution in [-0.4, -0.2) is 36.6 Å². The minimum atomic E-state index is 0.644. The number of hydrogen-bond donors (Lipinski definition) is 1. The van der Waals surface area contributed by atoms with Gasteiger partial charge in [-0.3, -0.25) is 4.90 Å². The molecule has 1 aromatic rings. The summed E-state index contributed by atoms with van der Waals surface area (Å²) in [5.74, 6) is 0.644. The molecule has 0 radical (unpaired) electrons. The van der Waals surface area contributed by atoms with Crippen molar-refractivity contribution in [3.8, 4) is 0 Å². The van der Waals surface area contributed by atoms with Gasteiger partial charge in [0.05, 0.1) is 0 Å². The Kier molecular flexibility index (Phi) is 3.67. The van der Waals surface area contributed by atoms with E-state index in [1.165, 1.54) is 44.5 Å². The molecule has 1 aromatic carbocycles. The fraction of sp³-hybridized carbons (Fsp3) is 0.625. The van der Waals surface area contributed by atoms with Crippen LogP contribution in [-0.2, 0) is 0 Å². The summed E-state index contributed by atoms with van der Waals surface area (Å²) in [6.07, 6.45) is 4.16. The molecule has 2 heteroatoms. The van der Waals surface area contributed by atoms with Crippen molar-refractivity contribution in [3.63, 3.8) is 0 Å². The van der Waals surface area contributed by atoms with E-state index in [0.29, 0.717) is 5.92 Å². The first kappa shape index (κ1) is 12.2. The lowest BCUT2D eigenvalue weighted by atomic mass is 9.93. The molecule has 2 aliphatic heterocycles. The zero-order valence-electron chi connectivity index (χ0n) is 11.3. The molecule has 2 heterocycles. The van der Waals surface area contributed by atoms with E-state index in [-0.39, 0.29) is 0 Å². The van der Waals surface area contributed by atoms with E-state index in [9.17, 15) is 0 Å². The van der Waals surface area contributed by atoms with E-state index >= 15 is 0 Å². The number of nitrogens with one attached hydrogen (secondary N) is 1. The molecule has 3 rings (SSSR count). The lowest BCUT2D eigenvalue weighted by Gasteiger charge is -2.43. The molecule has 2 saturated heterocycles. The summed E-state index contributed by atoms with van der Waals surface area (Å²) < 4.78 is 0. The van der Waals surface area contributed by atoms with Crippen LogP contribution in [0.3, 0.4) is 0 Å². The zero-order valence-corrected chi connectivity index (χ0v) is 11.3. The highest BCUT2D eigenvalue weighted by atomic mass is 15.2. The van der Waals surface area contributed by atoms with Crippen molar-refractivity contribution >= 4 is 0 Å². The number of nitrogens with zero attached hydrogens (tertiary/aromatic N) is 1. The highest BCUT2D eigenvalue weighted by Crippen LogP contribution is 2.22. The SMILES string of the molecule is CC(CN1CC2CCCC(C1)N2)c1ccccc1. The van der Waals surface area contributed by atoms with E-state index in [1.54, 1.807) is 0 Å². The second-order valence-electron chi connectivity index (χ2n) is 6.02. The average molecular weight is 244 g/mol. The van der Waals surface area contributed by atoms with Crippen LogP contribution in [0, 0.1) is 0 Å². The Labute approximate surface area is 110 Å². The third-order valence-corrected chi connectivity index (χ3v) is 4.43. The molecule has 2 fully saturated rings. The molecular formula is C16H24N2. The second-order valence-corrected chi connectivity index (χ2v) is 6.02. The highest BCUT2D eigenvalue weighted by Gasteiger charge is 2.30. The lowest BCUT2D eigenvalue weighted by molar-refractivity contribution is 0.121. The van der Waals surface area contributed by atoms with E-state index in [2.05, 4.69) is 47.5 Å². The monoisotopic (exact) mass is 244 g/mol. The summed E-state index contributed by atoms with van der Waals surface area (Å²) in [6, 6.07) is 12.4. The van der Waals surface area contributed by atoms with Gasteiger partial charge >= 0.3 is 0 Å². The molecule has 3 atom stereocenters. The maximum Gasteiger partial charge on any atom is 0.0198 e. The van der Waals surface area contributed by atoms with Crippen molar-refractivity contribution in [2.45, 2.75) is 44.2 Å². The summed E-state index contributed by atoms with van der Waals surface area (Å²) in [5, 5.41) is 3.75. The van der Waals surface area contributed by atoms with Gasteiger partial charge in [0.1, 0.15) is 0 Å². The molecule has 0 spiro atoms. The summed E-state index contributed by atoms with van der Waals surface area (Å²) in [7, 11) is 0. The van der Waals surface area contributed by atoms with Crippen molar-refractivity contribution < 1.29 is 0 Å².